The minimum absolute atomic E-state index is 0.0563. The van der Waals surface area contributed by atoms with E-state index in [4.69, 9.17) is 4.74 Å². The molecule has 1 saturated heterocycles. The van der Waals surface area contributed by atoms with E-state index in [2.05, 4.69) is 12.2 Å². The van der Waals surface area contributed by atoms with Gasteiger partial charge in [0.1, 0.15) is 0 Å². The largest absolute Gasteiger partial charge is 0.466 e. The van der Waals surface area contributed by atoms with Gasteiger partial charge in [0.15, 0.2) is 0 Å². The second kappa shape index (κ2) is 8.51. The lowest BCUT2D eigenvalue weighted by molar-refractivity contribution is -0.143. The van der Waals surface area contributed by atoms with Crippen LogP contribution in [0.4, 0.5) is 0 Å². The Kier molecular flexibility index (Phi) is 7.25. The molecule has 2 atom stereocenters. The maximum Gasteiger partial charge on any atom is 0.307 e. The molecule has 0 aliphatic carbocycles. The fourth-order valence-electron chi connectivity index (χ4n) is 2.56. The van der Waals surface area contributed by atoms with E-state index in [-0.39, 0.29) is 5.97 Å². The quantitative estimate of drug-likeness (QED) is 0.550. The zero-order chi connectivity index (χ0) is 12.5. The van der Waals surface area contributed by atoms with Gasteiger partial charge in [-0.25, -0.2) is 0 Å². The van der Waals surface area contributed by atoms with Gasteiger partial charge >= 0.3 is 5.97 Å². The highest BCUT2D eigenvalue weighted by atomic mass is 16.5. The van der Waals surface area contributed by atoms with Crippen molar-refractivity contribution in [1.82, 2.24) is 5.32 Å². The summed E-state index contributed by atoms with van der Waals surface area (Å²) in [5.41, 5.74) is 0. The second-order valence-corrected chi connectivity index (χ2v) is 5.00. The van der Waals surface area contributed by atoms with Gasteiger partial charge in [-0.15, -0.1) is 0 Å². The molecular formula is C14H27NO2. The maximum absolute atomic E-state index is 11.4. The van der Waals surface area contributed by atoms with Gasteiger partial charge in [-0.05, 0) is 26.2 Å². The molecule has 3 nitrogen and oxygen atoms in total. The Morgan fingerprint density at radius 1 is 1.24 bits per heavy atom. The Morgan fingerprint density at radius 3 is 2.71 bits per heavy atom. The molecule has 1 fully saturated rings. The minimum Gasteiger partial charge on any atom is -0.466 e. The Hall–Kier alpha value is -0.570. The summed E-state index contributed by atoms with van der Waals surface area (Å²) in [4.78, 5) is 11.4. The lowest BCUT2D eigenvalue weighted by Crippen LogP contribution is -2.43. The summed E-state index contributed by atoms with van der Waals surface area (Å²) in [6.07, 6.45) is 9.32. The number of esters is 1. The first-order valence-corrected chi connectivity index (χ1v) is 7.18. The molecule has 0 radical (unpaired) electrons. The molecule has 1 aliphatic heterocycles. The van der Waals surface area contributed by atoms with Crippen molar-refractivity contribution in [1.29, 1.82) is 0 Å². The number of hydrogen-bond acceptors (Lipinski definition) is 3. The maximum atomic E-state index is 11.4. The van der Waals surface area contributed by atoms with Gasteiger partial charge in [0.25, 0.3) is 0 Å². The number of piperidine rings is 1. The first-order valence-electron chi connectivity index (χ1n) is 7.18. The number of carbonyl (C=O) groups is 1. The molecule has 17 heavy (non-hydrogen) atoms. The van der Waals surface area contributed by atoms with E-state index >= 15 is 0 Å². The van der Waals surface area contributed by atoms with Crippen molar-refractivity contribution < 1.29 is 9.53 Å². The zero-order valence-corrected chi connectivity index (χ0v) is 11.3. The summed E-state index contributed by atoms with van der Waals surface area (Å²) < 4.78 is 5.00. The number of nitrogens with one attached hydrogen (secondary N) is 1. The van der Waals surface area contributed by atoms with Crippen molar-refractivity contribution in [2.75, 3.05) is 6.61 Å². The van der Waals surface area contributed by atoms with E-state index in [0.29, 0.717) is 25.1 Å². The fraction of sp³-hybridized carbons (Fsp3) is 0.929. The van der Waals surface area contributed by atoms with Crippen molar-refractivity contribution >= 4 is 5.97 Å². The highest BCUT2D eigenvalue weighted by molar-refractivity contribution is 5.70. The highest BCUT2D eigenvalue weighted by Crippen LogP contribution is 2.19. The molecule has 1 rings (SSSR count). The first-order chi connectivity index (χ1) is 8.26. The molecule has 0 aromatic carbocycles. The Bertz CT molecular complexity index is 218. The first kappa shape index (κ1) is 14.5. The monoisotopic (exact) mass is 241 g/mol. The fourth-order valence-corrected chi connectivity index (χ4v) is 2.56. The van der Waals surface area contributed by atoms with Crippen molar-refractivity contribution in [2.24, 2.45) is 0 Å². The molecule has 100 valence electrons. The molecule has 0 saturated carbocycles. The molecule has 1 N–H and O–H groups in total. The van der Waals surface area contributed by atoms with Gasteiger partial charge < -0.3 is 10.1 Å². The van der Waals surface area contributed by atoms with Crippen LogP contribution in [0.3, 0.4) is 0 Å². The lowest BCUT2D eigenvalue weighted by atomic mass is 9.93. The van der Waals surface area contributed by atoms with Gasteiger partial charge in [0, 0.05) is 12.1 Å². The predicted molar refractivity (Wildman–Crippen MR) is 70.0 cm³/mol. The Labute approximate surface area is 105 Å². The second-order valence-electron chi connectivity index (χ2n) is 5.00. The van der Waals surface area contributed by atoms with Gasteiger partial charge in [-0.3, -0.25) is 4.79 Å². The van der Waals surface area contributed by atoms with Crippen LogP contribution in [0.5, 0.6) is 0 Å². The molecule has 1 heterocycles. The van der Waals surface area contributed by atoms with E-state index in [1.165, 1.54) is 38.5 Å². The highest BCUT2D eigenvalue weighted by Gasteiger charge is 2.22. The van der Waals surface area contributed by atoms with Crippen LogP contribution in [0.1, 0.15) is 65.2 Å². The standard InChI is InChI=1S/C14H27NO2/c1-3-5-6-8-12-9-7-10-13(15-12)11-14(16)17-4-2/h12-13,15H,3-11H2,1-2H3/t12-,13+/m0/s1. The van der Waals surface area contributed by atoms with Crippen LogP contribution < -0.4 is 5.32 Å². The summed E-state index contributed by atoms with van der Waals surface area (Å²) in [7, 11) is 0. The molecule has 0 spiro atoms. The van der Waals surface area contributed by atoms with Crippen molar-refractivity contribution in [3.05, 3.63) is 0 Å². The van der Waals surface area contributed by atoms with Gasteiger partial charge in [0.05, 0.1) is 13.0 Å². The van der Waals surface area contributed by atoms with Gasteiger partial charge in [-0.2, -0.15) is 0 Å². The number of ether oxygens (including phenoxy) is 1. The smallest absolute Gasteiger partial charge is 0.307 e. The van der Waals surface area contributed by atoms with Crippen LogP contribution in [0.2, 0.25) is 0 Å². The van der Waals surface area contributed by atoms with E-state index < -0.39 is 0 Å². The normalized spacial score (nSPS) is 24.6. The lowest BCUT2D eigenvalue weighted by Gasteiger charge is -2.30. The van der Waals surface area contributed by atoms with Crippen LogP contribution in [0.25, 0.3) is 0 Å². The molecule has 0 aromatic heterocycles. The Balaban J connectivity index is 2.21. The van der Waals surface area contributed by atoms with Crippen LogP contribution in [-0.4, -0.2) is 24.7 Å². The third kappa shape index (κ3) is 6.06. The molecular weight excluding hydrogens is 214 g/mol. The SMILES string of the molecule is CCCCC[C@H]1CCC[C@H](CC(=O)OCC)N1. The molecule has 0 unspecified atom stereocenters. The van der Waals surface area contributed by atoms with Crippen molar-refractivity contribution in [3.63, 3.8) is 0 Å². The van der Waals surface area contributed by atoms with Gasteiger partial charge in [0.2, 0.25) is 0 Å². The third-order valence-corrected chi connectivity index (χ3v) is 3.45. The van der Waals surface area contributed by atoms with Crippen molar-refractivity contribution in [2.45, 2.75) is 77.3 Å². The molecule has 0 bridgehead atoms. The van der Waals surface area contributed by atoms with Crippen molar-refractivity contribution in [3.8, 4) is 0 Å². The summed E-state index contributed by atoms with van der Waals surface area (Å²) in [5.74, 6) is -0.0563. The average molecular weight is 241 g/mol. The summed E-state index contributed by atoms with van der Waals surface area (Å²) >= 11 is 0. The van der Waals surface area contributed by atoms with Crippen LogP contribution in [0.15, 0.2) is 0 Å². The summed E-state index contributed by atoms with van der Waals surface area (Å²) in [6.45, 7) is 4.59. The van der Waals surface area contributed by atoms with Crippen LogP contribution in [0, 0.1) is 0 Å². The zero-order valence-electron chi connectivity index (χ0n) is 11.3. The number of rotatable bonds is 7. The van der Waals surface area contributed by atoms with E-state index in [0.717, 1.165) is 6.42 Å². The molecule has 0 amide bonds. The minimum atomic E-state index is -0.0563. The molecule has 0 aromatic rings. The van der Waals surface area contributed by atoms with Crippen LogP contribution in [-0.2, 0) is 9.53 Å². The van der Waals surface area contributed by atoms with E-state index in [1.807, 2.05) is 6.92 Å². The van der Waals surface area contributed by atoms with E-state index in [9.17, 15) is 4.79 Å². The van der Waals surface area contributed by atoms with Crippen LogP contribution >= 0.6 is 0 Å². The van der Waals surface area contributed by atoms with E-state index in [1.54, 1.807) is 0 Å². The summed E-state index contributed by atoms with van der Waals surface area (Å²) in [6, 6.07) is 0.962. The topological polar surface area (TPSA) is 38.3 Å². The number of carbonyl (C=O) groups excluding carboxylic acids is 1. The van der Waals surface area contributed by atoms with Gasteiger partial charge in [-0.1, -0.05) is 32.6 Å². The number of unbranched alkanes of at least 4 members (excludes halogenated alkanes) is 2. The third-order valence-electron chi connectivity index (χ3n) is 3.45. The average Bonchev–Trinajstić information content (AvgIpc) is 2.30. The Morgan fingerprint density at radius 2 is 2.00 bits per heavy atom. The molecule has 3 heteroatoms. The predicted octanol–water partition coefficient (Wildman–Crippen LogP) is 3.03. The summed E-state index contributed by atoms with van der Waals surface area (Å²) in [5, 5.41) is 3.60. The molecule has 1 aliphatic rings. The number of hydrogen-bond donors (Lipinski definition) is 1.